The van der Waals surface area contributed by atoms with Gasteiger partial charge < -0.3 is 15.0 Å². The summed E-state index contributed by atoms with van der Waals surface area (Å²) in [4.78, 5) is 28.7. The van der Waals surface area contributed by atoms with E-state index < -0.39 is 28.5 Å². The number of carbonyl (C=O) groups excluding carboxylic acids is 2. The third kappa shape index (κ3) is 8.21. The highest BCUT2D eigenvalue weighted by atomic mass is 32.2. The Balaban J connectivity index is 1.86. The summed E-state index contributed by atoms with van der Waals surface area (Å²) in [6, 6.07) is 15.8. The van der Waals surface area contributed by atoms with Crippen molar-refractivity contribution in [3.05, 3.63) is 60.2 Å². The van der Waals surface area contributed by atoms with Gasteiger partial charge >= 0.3 is 0 Å². The van der Waals surface area contributed by atoms with Crippen LogP contribution in [0, 0.1) is 0 Å². The van der Waals surface area contributed by atoms with Crippen molar-refractivity contribution >= 4 is 27.5 Å². The van der Waals surface area contributed by atoms with E-state index in [1.54, 1.807) is 29.2 Å². The molecular formula is C28H39N3O5S. The number of carbonyl (C=O) groups is 2. The Labute approximate surface area is 221 Å². The molecule has 1 saturated carbocycles. The number of ether oxygens (including phenoxy) is 1. The lowest BCUT2D eigenvalue weighted by molar-refractivity contribution is -0.140. The second kappa shape index (κ2) is 13.5. The van der Waals surface area contributed by atoms with Crippen LogP contribution in [0.15, 0.2) is 54.6 Å². The van der Waals surface area contributed by atoms with E-state index in [9.17, 15) is 18.0 Å². The number of rotatable bonds is 12. The molecular weight excluding hydrogens is 490 g/mol. The number of hydrogen-bond donors (Lipinski definition) is 1. The fourth-order valence-electron chi connectivity index (χ4n) is 4.82. The molecule has 0 unspecified atom stereocenters. The summed E-state index contributed by atoms with van der Waals surface area (Å²) in [6.45, 7) is 1.77. The molecule has 9 heteroatoms. The average Bonchev–Trinajstić information content (AvgIpc) is 2.90. The standard InChI is InChI=1S/C28H39N3O5S/c1-4-26(28(33)29-23-14-9-6-10-15-23)30(19-18-22-12-7-5-8-13-22)27(32)21-31(37(3,34)35)24-16-11-17-25(20-24)36-2/h5,7-8,11-13,16-17,20,23,26H,4,6,9-10,14-15,18-19,21H2,1-3H3,(H,29,33)/t26-/m1/s1. The number of amides is 2. The minimum atomic E-state index is -3.78. The SMILES string of the molecule is CC[C@H](C(=O)NC1CCCCC1)N(CCc1ccccc1)C(=O)CN(c1cccc(OC)c1)S(C)(=O)=O. The predicted molar refractivity (Wildman–Crippen MR) is 146 cm³/mol. The summed E-state index contributed by atoms with van der Waals surface area (Å²) in [5.74, 6) is -0.115. The first-order chi connectivity index (χ1) is 17.7. The van der Waals surface area contributed by atoms with E-state index in [1.165, 1.54) is 13.5 Å². The molecule has 1 aliphatic rings. The molecule has 0 radical (unpaired) electrons. The fourth-order valence-corrected chi connectivity index (χ4v) is 5.66. The third-order valence-corrected chi connectivity index (χ3v) is 7.98. The van der Waals surface area contributed by atoms with Crippen molar-refractivity contribution < 1.29 is 22.7 Å². The Kier molecular flexibility index (Phi) is 10.4. The molecule has 0 spiro atoms. The van der Waals surface area contributed by atoms with Gasteiger partial charge in [-0.1, -0.05) is 62.6 Å². The smallest absolute Gasteiger partial charge is 0.244 e. The molecule has 8 nitrogen and oxygen atoms in total. The normalized spacial score (nSPS) is 15.0. The third-order valence-electron chi connectivity index (χ3n) is 6.84. The zero-order chi connectivity index (χ0) is 26.8. The van der Waals surface area contributed by atoms with Crippen molar-refractivity contribution in [2.24, 2.45) is 0 Å². The van der Waals surface area contributed by atoms with Crippen molar-refractivity contribution in [3.8, 4) is 5.75 Å². The molecule has 0 saturated heterocycles. The zero-order valence-electron chi connectivity index (χ0n) is 22.1. The number of benzene rings is 2. The van der Waals surface area contributed by atoms with Crippen molar-refractivity contribution in [2.45, 2.75) is 64.0 Å². The highest BCUT2D eigenvalue weighted by Gasteiger charge is 2.32. The Bertz CT molecular complexity index is 1130. The van der Waals surface area contributed by atoms with Gasteiger partial charge in [-0.15, -0.1) is 0 Å². The highest BCUT2D eigenvalue weighted by Crippen LogP contribution is 2.24. The van der Waals surface area contributed by atoms with Crippen LogP contribution in [0.4, 0.5) is 5.69 Å². The quantitative estimate of drug-likeness (QED) is 0.452. The molecule has 0 aromatic heterocycles. The number of nitrogens with one attached hydrogen (secondary N) is 1. The molecule has 3 rings (SSSR count). The second-order valence-electron chi connectivity index (χ2n) is 9.56. The predicted octanol–water partition coefficient (Wildman–Crippen LogP) is 3.76. The summed E-state index contributed by atoms with van der Waals surface area (Å²) < 4.78 is 31.8. The molecule has 1 atom stereocenters. The van der Waals surface area contributed by atoms with Crippen molar-refractivity contribution in [3.63, 3.8) is 0 Å². The highest BCUT2D eigenvalue weighted by molar-refractivity contribution is 7.92. The molecule has 2 aromatic rings. The average molecular weight is 530 g/mol. The summed E-state index contributed by atoms with van der Waals surface area (Å²) in [7, 11) is -2.29. The summed E-state index contributed by atoms with van der Waals surface area (Å²) in [6.07, 6.45) is 7.28. The van der Waals surface area contributed by atoms with Crippen LogP contribution < -0.4 is 14.4 Å². The first-order valence-electron chi connectivity index (χ1n) is 13.0. The Morgan fingerprint density at radius 1 is 1.05 bits per heavy atom. The molecule has 0 bridgehead atoms. The van der Waals surface area contributed by atoms with Crippen molar-refractivity contribution in [1.82, 2.24) is 10.2 Å². The van der Waals surface area contributed by atoms with Gasteiger partial charge in [-0.3, -0.25) is 13.9 Å². The van der Waals surface area contributed by atoms with E-state index in [2.05, 4.69) is 5.32 Å². The van der Waals surface area contributed by atoms with Gasteiger partial charge in [-0.2, -0.15) is 0 Å². The molecule has 1 fully saturated rings. The monoisotopic (exact) mass is 529 g/mol. The lowest BCUT2D eigenvalue weighted by Crippen LogP contribution is -2.54. The van der Waals surface area contributed by atoms with Gasteiger partial charge in [0.1, 0.15) is 18.3 Å². The van der Waals surface area contributed by atoms with Crippen LogP contribution in [0.2, 0.25) is 0 Å². The van der Waals surface area contributed by atoms with Gasteiger partial charge in [0.05, 0.1) is 19.1 Å². The van der Waals surface area contributed by atoms with Gasteiger partial charge in [-0.25, -0.2) is 8.42 Å². The second-order valence-corrected chi connectivity index (χ2v) is 11.5. The minimum Gasteiger partial charge on any atom is -0.497 e. The molecule has 202 valence electrons. The number of hydrogen-bond acceptors (Lipinski definition) is 5. The first kappa shape index (κ1) is 28.5. The Hall–Kier alpha value is -3.07. The molecule has 1 N–H and O–H groups in total. The van der Waals surface area contributed by atoms with Gasteiger partial charge in [0.2, 0.25) is 21.8 Å². The van der Waals surface area contributed by atoms with E-state index >= 15 is 0 Å². The van der Waals surface area contributed by atoms with Crippen LogP contribution >= 0.6 is 0 Å². The topological polar surface area (TPSA) is 96.0 Å². The van der Waals surface area contributed by atoms with Crippen LogP contribution in [0.25, 0.3) is 0 Å². The summed E-state index contributed by atoms with van der Waals surface area (Å²) in [5.41, 5.74) is 1.37. The minimum absolute atomic E-state index is 0.116. The van der Waals surface area contributed by atoms with E-state index in [4.69, 9.17) is 4.74 Å². The van der Waals surface area contributed by atoms with Gasteiger partial charge in [0.25, 0.3) is 0 Å². The van der Waals surface area contributed by atoms with E-state index in [0.717, 1.165) is 41.8 Å². The van der Waals surface area contributed by atoms with Crippen LogP contribution in [0.1, 0.15) is 51.0 Å². The van der Waals surface area contributed by atoms with E-state index in [1.807, 2.05) is 37.3 Å². The van der Waals surface area contributed by atoms with Crippen LogP contribution in [0.3, 0.4) is 0 Å². The van der Waals surface area contributed by atoms with Crippen LogP contribution in [0.5, 0.6) is 5.75 Å². The lowest BCUT2D eigenvalue weighted by atomic mass is 9.95. The van der Waals surface area contributed by atoms with E-state index in [0.29, 0.717) is 30.8 Å². The van der Waals surface area contributed by atoms with Gasteiger partial charge in [-0.05, 0) is 43.4 Å². The fraction of sp³-hybridized carbons (Fsp3) is 0.500. The Morgan fingerprint density at radius 3 is 2.38 bits per heavy atom. The summed E-state index contributed by atoms with van der Waals surface area (Å²) in [5, 5.41) is 3.15. The number of methoxy groups -OCH3 is 1. The molecule has 2 amide bonds. The zero-order valence-corrected chi connectivity index (χ0v) is 22.9. The molecule has 2 aromatic carbocycles. The first-order valence-corrected chi connectivity index (χ1v) is 14.8. The lowest BCUT2D eigenvalue weighted by Gasteiger charge is -2.34. The van der Waals surface area contributed by atoms with Crippen molar-refractivity contribution in [1.29, 1.82) is 0 Å². The molecule has 0 aliphatic heterocycles. The number of sulfonamides is 1. The van der Waals surface area contributed by atoms with E-state index in [-0.39, 0.29) is 11.9 Å². The maximum atomic E-state index is 13.8. The molecule has 0 heterocycles. The summed E-state index contributed by atoms with van der Waals surface area (Å²) >= 11 is 0. The molecule has 1 aliphatic carbocycles. The van der Waals surface area contributed by atoms with Crippen molar-refractivity contribution in [2.75, 3.05) is 30.8 Å². The van der Waals surface area contributed by atoms with Gasteiger partial charge in [0, 0.05) is 18.7 Å². The molecule has 37 heavy (non-hydrogen) atoms. The largest absolute Gasteiger partial charge is 0.497 e. The maximum Gasteiger partial charge on any atom is 0.244 e. The number of anilines is 1. The van der Waals surface area contributed by atoms with Gasteiger partial charge in [0.15, 0.2) is 0 Å². The van der Waals surface area contributed by atoms with Crippen LogP contribution in [-0.2, 0) is 26.0 Å². The maximum absolute atomic E-state index is 13.8. The van der Waals surface area contributed by atoms with Crippen LogP contribution in [-0.4, -0.2) is 63.7 Å². The number of nitrogens with zero attached hydrogens (tertiary/aromatic N) is 2. The Morgan fingerprint density at radius 2 is 1.76 bits per heavy atom.